The van der Waals surface area contributed by atoms with Gasteiger partial charge in [-0.15, -0.1) is 0 Å². The van der Waals surface area contributed by atoms with Crippen LogP contribution in [0, 0.1) is 5.92 Å². The van der Waals surface area contributed by atoms with Gasteiger partial charge in [0.2, 0.25) is 5.95 Å². The lowest BCUT2D eigenvalue weighted by molar-refractivity contribution is -0.0351. The van der Waals surface area contributed by atoms with Gasteiger partial charge in [0.15, 0.2) is 0 Å². The first-order valence-electron chi connectivity index (χ1n) is 8.05. The normalized spacial score (nSPS) is 19.0. The third-order valence-corrected chi connectivity index (χ3v) is 3.68. The van der Waals surface area contributed by atoms with Crippen LogP contribution in [0.25, 0.3) is 0 Å². The molecular weight excluding hydrogens is 290 g/mol. The molecule has 3 rings (SSSR count). The van der Waals surface area contributed by atoms with Crippen molar-refractivity contribution < 1.29 is 4.74 Å². The minimum atomic E-state index is 0.0148. The van der Waals surface area contributed by atoms with E-state index >= 15 is 0 Å². The number of hydrogen-bond donors (Lipinski definition) is 1. The molecule has 0 unspecified atom stereocenters. The molecule has 1 atom stereocenters. The number of nitrogens with zero attached hydrogens (tertiary/aromatic N) is 4. The lowest BCUT2D eigenvalue weighted by Crippen LogP contribution is -2.40. The molecule has 6 heteroatoms. The monoisotopic (exact) mass is 313 g/mol. The van der Waals surface area contributed by atoms with E-state index in [1.165, 1.54) is 0 Å². The maximum atomic E-state index is 5.92. The van der Waals surface area contributed by atoms with E-state index in [1.807, 2.05) is 18.2 Å². The summed E-state index contributed by atoms with van der Waals surface area (Å²) in [4.78, 5) is 15.4. The van der Waals surface area contributed by atoms with Gasteiger partial charge in [0, 0.05) is 32.0 Å². The zero-order valence-corrected chi connectivity index (χ0v) is 13.6. The fourth-order valence-electron chi connectivity index (χ4n) is 2.74. The van der Waals surface area contributed by atoms with Crippen LogP contribution in [0.2, 0.25) is 0 Å². The van der Waals surface area contributed by atoms with Crippen LogP contribution in [-0.2, 0) is 4.74 Å². The molecule has 1 saturated heterocycles. The van der Waals surface area contributed by atoms with E-state index in [2.05, 4.69) is 39.0 Å². The maximum absolute atomic E-state index is 5.92. The summed E-state index contributed by atoms with van der Waals surface area (Å²) < 4.78 is 5.92. The highest BCUT2D eigenvalue weighted by Gasteiger charge is 2.23. The quantitative estimate of drug-likeness (QED) is 0.915. The number of nitrogens with one attached hydrogen (secondary N) is 1. The van der Waals surface area contributed by atoms with Crippen LogP contribution in [0.15, 0.2) is 36.7 Å². The molecule has 1 N–H and O–H groups in total. The van der Waals surface area contributed by atoms with Gasteiger partial charge in [-0.2, -0.15) is 0 Å². The topological polar surface area (TPSA) is 63.2 Å². The lowest BCUT2D eigenvalue weighted by Gasteiger charge is -2.33. The molecule has 0 spiro atoms. The van der Waals surface area contributed by atoms with E-state index in [4.69, 9.17) is 4.74 Å². The van der Waals surface area contributed by atoms with Gasteiger partial charge in [-0.05, 0) is 24.1 Å². The summed E-state index contributed by atoms with van der Waals surface area (Å²) in [5, 5.41) is 3.12. The first-order chi connectivity index (χ1) is 11.2. The molecule has 0 amide bonds. The van der Waals surface area contributed by atoms with Gasteiger partial charge in [0.05, 0.1) is 12.3 Å². The molecule has 2 aromatic rings. The van der Waals surface area contributed by atoms with E-state index in [1.54, 1.807) is 18.5 Å². The number of morpholine rings is 1. The van der Waals surface area contributed by atoms with Crippen molar-refractivity contribution in [2.75, 3.05) is 31.6 Å². The van der Waals surface area contributed by atoms with E-state index in [0.717, 1.165) is 37.8 Å². The molecule has 0 radical (unpaired) electrons. The lowest BCUT2D eigenvalue weighted by atomic mass is 10.1. The Balaban J connectivity index is 1.69. The summed E-state index contributed by atoms with van der Waals surface area (Å²) in [6.45, 7) is 8.20. The standard InChI is InChI=1S/C17H23N5O/c1-13(2)11-22-9-10-23-15(12-22)14-5-3-6-16(20-14)21-17-18-7-4-8-19-17/h3-8,13,15H,9-12H2,1-2H3,(H,18,19,20,21)/t15-/m1/s1. The number of anilines is 2. The molecule has 1 aliphatic heterocycles. The second-order valence-corrected chi connectivity index (χ2v) is 6.16. The minimum absolute atomic E-state index is 0.0148. The third-order valence-electron chi connectivity index (χ3n) is 3.68. The summed E-state index contributed by atoms with van der Waals surface area (Å²) in [5.41, 5.74) is 0.944. The Kier molecular flexibility index (Phi) is 5.15. The molecule has 0 saturated carbocycles. The van der Waals surface area contributed by atoms with Crippen molar-refractivity contribution in [1.82, 2.24) is 19.9 Å². The van der Waals surface area contributed by atoms with Crippen LogP contribution in [0.4, 0.5) is 11.8 Å². The Morgan fingerprint density at radius 2 is 2.09 bits per heavy atom. The number of pyridine rings is 1. The average Bonchev–Trinajstić information content (AvgIpc) is 2.56. The Labute approximate surface area is 136 Å². The van der Waals surface area contributed by atoms with Crippen molar-refractivity contribution in [3.8, 4) is 0 Å². The van der Waals surface area contributed by atoms with E-state index < -0.39 is 0 Å². The predicted octanol–water partition coefficient (Wildman–Crippen LogP) is 2.64. The van der Waals surface area contributed by atoms with Crippen molar-refractivity contribution in [3.63, 3.8) is 0 Å². The van der Waals surface area contributed by atoms with Gasteiger partial charge in [0.25, 0.3) is 0 Å². The first-order valence-corrected chi connectivity index (χ1v) is 8.05. The second kappa shape index (κ2) is 7.48. The van der Waals surface area contributed by atoms with Crippen molar-refractivity contribution in [2.24, 2.45) is 5.92 Å². The molecule has 122 valence electrons. The minimum Gasteiger partial charge on any atom is -0.369 e. The average molecular weight is 313 g/mol. The summed E-state index contributed by atoms with van der Waals surface area (Å²) in [6, 6.07) is 7.70. The Bertz CT molecular complexity index is 619. The van der Waals surface area contributed by atoms with Gasteiger partial charge in [-0.1, -0.05) is 19.9 Å². The Hall–Kier alpha value is -2.05. The molecule has 23 heavy (non-hydrogen) atoms. The van der Waals surface area contributed by atoms with E-state index in [0.29, 0.717) is 11.9 Å². The molecule has 1 fully saturated rings. The summed E-state index contributed by atoms with van der Waals surface area (Å²) in [5.74, 6) is 1.94. The van der Waals surface area contributed by atoms with Crippen molar-refractivity contribution in [3.05, 3.63) is 42.4 Å². The number of ether oxygens (including phenoxy) is 1. The number of aromatic nitrogens is 3. The van der Waals surface area contributed by atoms with Gasteiger partial charge >= 0.3 is 0 Å². The molecule has 1 aliphatic rings. The van der Waals surface area contributed by atoms with Crippen molar-refractivity contribution in [1.29, 1.82) is 0 Å². The SMILES string of the molecule is CC(C)CN1CCO[C@@H](c2cccc(Nc3ncccn3)n2)C1. The van der Waals surface area contributed by atoms with Gasteiger partial charge in [-0.25, -0.2) is 15.0 Å². The van der Waals surface area contributed by atoms with Crippen LogP contribution < -0.4 is 5.32 Å². The van der Waals surface area contributed by atoms with Crippen LogP contribution in [-0.4, -0.2) is 46.1 Å². The van der Waals surface area contributed by atoms with E-state index in [-0.39, 0.29) is 6.10 Å². The Morgan fingerprint density at radius 3 is 2.87 bits per heavy atom. The van der Waals surface area contributed by atoms with Gasteiger partial charge in [-0.3, -0.25) is 4.90 Å². The molecular formula is C17H23N5O. The molecule has 0 aromatic carbocycles. The molecule has 0 bridgehead atoms. The summed E-state index contributed by atoms with van der Waals surface area (Å²) in [7, 11) is 0. The maximum Gasteiger partial charge on any atom is 0.228 e. The predicted molar refractivity (Wildman–Crippen MR) is 89.5 cm³/mol. The summed E-state index contributed by atoms with van der Waals surface area (Å²) in [6.07, 6.45) is 3.42. The highest BCUT2D eigenvalue weighted by Crippen LogP contribution is 2.23. The molecule has 6 nitrogen and oxygen atoms in total. The van der Waals surface area contributed by atoms with Crippen LogP contribution in [0.3, 0.4) is 0 Å². The van der Waals surface area contributed by atoms with Crippen molar-refractivity contribution in [2.45, 2.75) is 20.0 Å². The number of hydrogen-bond acceptors (Lipinski definition) is 6. The first kappa shape index (κ1) is 15.8. The highest BCUT2D eigenvalue weighted by molar-refractivity contribution is 5.47. The molecule has 2 aromatic heterocycles. The third kappa shape index (κ3) is 4.46. The smallest absolute Gasteiger partial charge is 0.228 e. The Morgan fingerprint density at radius 1 is 1.26 bits per heavy atom. The second-order valence-electron chi connectivity index (χ2n) is 6.16. The largest absolute Gasteiger partial charge is 0.369 e. The fraction of sp³-hybridized carbons (Fsp3) is 0.471. The summed E-state index contributed by atoms with van der Waals surface area (Å²) >= 11 is 0. The van der Waals surface area contributed by atoms with E-state index in [9.17, 15) is 0 Å². The number of rotatable bonds is 5. The zero-order valence-electron chi connectivity index (χ0n) is 13.6. The van der Waals surface area contributed by atoms with Crippen LogP contribution >= 0.6 is 0 Å². The van der Waals surface area contributed by atoms with Gasteiger partial charge < -0.3 is 10.1 Å². The highest BCUT2D eigenvalue weighted by atomic mass is 16.5. The zero-order chi connectivity index (χ0) is 16.1. The molecule has 3 heterocycles. The molecule has 0 aliphatic carbocycles. The van der Waals surface area contributed by atoms with Gasteiger partial charge in [0.1, 0.15) is 11.9 Å². The van der Waals surface area contributed by atoms with Crippen LogP contribution in [0.1, 0.15) is 25.6 Å². The fourth-order valence-corrected chi connectivity index (χ4v) is 2.74. The van der Waals surface area contributed by atoms with Crippen molar-refractivity contribution >= 4 is 11.8 Å². The van der Waals surface area contributed by atoms with Crippen LogP contribution in [0.5, 0.6) is 0 Å².